The lowest BCUT2D eigenvalue weighted by atomic mass is 10.3. The molecular weight excluding hydrogens is 326 g/mol. The normalized spacial score (nSPS) is 12.3. The Morgan fingerprint density at radius 1 is 1.32 bits per heavy atom. The van der Waals surface area contributed by atoms with Crippen molar-refractivity contribution in [3.8, 4) is 5.75 Å². The molecule has 0 saturated carbocycles. The van der Waals surface area contributed by atoms with Gasteiger partial charge in [0.25, 0.3) is 0 Å². The van der Waals surface area contributed by atoms with Gasteiger partial charge in [0.05, 0.1) is 19.3 Å². The molecule has 6 nitrogen and oxygen atoms in total. The molecule has 0 aliphatic rings. The summed E-state index contributed by atoms with van der Waals surface area (Å²) in [6, 6.07) is 7.14. The van der Waals surface area contributed by atoms with Crippen LogP contribution in [0.2, 0.25) is 5.02 Å². The van der Waals surface area contributed by atoms with E-state index in [-0.39, 0.29) is 6.61 Å². The lowest BCUT2D eigenvalue weighted by molar-refractivity contribution is 0.0348. The molecule has 8 heteroatoms. The largest absolute Gasteiger partial charge is 0.491 e. The molecule has 1 unspecified atom stereocenters. The van der Waals surface area contributed by atoms with E-state index in [2.05, 4.69) is 10.2 Å². The Kier molecular flexibility index (Phi) is 6.98. The summed E-state index contributed by atoms with van der Waals surface area (Å²) in [5, 5.41) is 19.0. The summed E-state index contributed by atoms with van der Waals surface area (Å²) in [6.07, 6.45) is 1.07. The molecular formula is C14H18ClN3O3S. The van der Waals surface area contributed by atoms with Crippen LogP contribution >= 0.6 is 23.4 Å². The van der Waals surface area contributed by atoms with Crippen LogP contribution in [0.15, 0.2) is 35.7 Å². The highest BCUT2D eigenvalue weighted by Crippen LogP contribution is 2.16. The van der Waals surface area contributed by atoms with E-state index < -0.39 is 6.10 Å². The molecule has 2 aromatic rings. The molecule has 0 aliphatic carbocycles. The summed E-state index contributed by atoms with van der Waals surface area (Å²) >= 11 is 7.23. The van der Waals surface area contributed by atoms with Crippen LogP contribution in [0.3, 0.4) is 0 Å². The molecule has 120 valence electrons. The van der Waals surface area contributed by atoms with Gasteiger partial charge >= 0.3 is 0 Å². The number of aliphatic hydroxyl groups is 1. The smallest absolute Gasteiger partial charge is 0.190 e. The summed E-state index contributed by atoms with van der Waals surface area (Å²) in [7, 11) is 1.86. The molecule has 0 aliphatic heterocycles. The third-order valence-corrected chi connectivity index (χ3v) is 4.13. The van der Waals surface area contributed by atoms with Crippen molar-refractivity contribution in [2.45, 2.75) is 11.3 Å². The topological polar surface area (TPSA) is 69.4 Å². The van der Waals surface area contributed by atoms with E-state index in [1.54, 1.807) is 35.2 Å². The van der Waals surface area contributed by atoms with Crippen molar-refractivity contribution in [3.63, 3.8) is 0 Å². The van der Waals surface area contributed by atoms with E-state index in [1.807, 2.05) is 7.05 Å². The van der Waals surface area contributed by atoms with Crippen molar-refractivity contribution in [2.24, 2.45) is 7.05 Å². The fourth-order valence-corrected chi connectivity index (χ4v) is 2.51. The first-order chi connectivity index (χ1) is 10.6. The van der Waals surface area contributed by atoms with Gasteiger partial charge in [-0.15, -0.1) is 10.2 Å². The van der Waals surface area contributed by atoms with Crippen LogP contribution in [0.25, 0.3) is 0 Å². The second-order valence-electron chi connectivity index (χ2n) is 4.57. The number of ether oxygens (including phenoxy) is 2. The SMILES string of the molecule is Cn1cnnc1SCC(O)COCCOc1ccc(Cl)cc1. The minimum atomic E-state index is -0.558. The van der Waals surface area contributed by atoms with Gasteiger partial charge in [-0.3, -0.25) is 0 Å². The number of nitrogens with zero attached hydrogens (tertiary/aromatic N) is 3. The Bertz CT molecular complexity index is 565. The van der Waals surface area contributed by atoms with Crippen molar-refractivity contribution in [1.82, 2.24) is 14.8 Å². The molecule has 0 radical (unpaired) electrons. The monoisotopic (exact) mass is 343 g/mol. The third-order valence-electron chi connectivity index (χ3n) is 2.69. The van der Waals surface area contributed by atoms with E-state index in [4.69, 9.17) is 21.1 Å². The maximum Gasteiger partial charge on any atom is 0.190 e. The van der Waals surface area contributed by atoms with Crippen molar-refractivity contribution < 1.29 is 14.6 Å². The van der Waals surface area contributed by atoms with Crippen LogP contribution in [-0.4, -0.2) is 51.5 Å². The van der Waals surface area contributed by atoms with Gasteiger partial charge in [-0.1, -0.05) is 23.4 Å². The molecule has 2 rings (SSSR count). The fraction of sp³-hybridized carbons (Fsp3) is 0.429. The summed E-state index contributed by atoms with van der Waals surface area (Å²) < 4.78 is 12.7. The molecule has 1 aromatic heterocycles. The van der Waals surface area contributed by atoms with E-state index in [9.17, 15) is 5.11 Å². The van der Waals surface area contributed by atoms with Crippen LogP contribution < -0.4 is 4.74 Å². The molecule has 22 heavy (non-hydrogen) atoms. The Hall–Kier alpha value is -1.28. The molecule has 1 atom stereocenters. The zero-order valence-electron chi connectivity index (χ0n) is 12.2. The molecule has 0 bridgehead atoms. The van der Waals surface area contributed by atoms with Gasteiger partial charge in [0.2, 0.25) is 0 Å². The molecule has 0 fully saturated rings. The lowest BCUT2D eigenvalue weighted by Crippen LogP contribution is -2.20. The summed E-state index contributed by atoms with van der Waals surface area (Å²) in [5.41, 5.74) is 0. The Morgan fingerprint density at radius 3 is 2.77 bits per heavy atom. The van der Waals surface area contributed by atoms with Crippen LogP contribution in [0, 0.1) is 0 Å². The minimum Gasteiger partial charge on any atom is -0.491 e. The number of thioether (sulfide) groups is 1. The second kappa shape index (κ2) is 8.99. The zero-order valence-corrected chi connectivity index (χ0v) is 13.8. The molecule has 1 N–H and O–H groups in total. The predicted molar refractivity (Wildman–Crippen MR) is 85.5 cm³/mol. The van der Waals surface area contributed by atoms with Crippen molar-refractivity contribution in [3.05, 3.63) is 35.6 Å². The fourth-order valence-electron chi connectivity index (χ4n) is 1.59. The number of aromatic nitrogens is 3. The summed E-state index contributed by atoms with van der Waals surface area (Å²) in [5.74, 6) is 1.25. The number of hydrogen-bond acceptors (Lipinski definition) is 6. The predicted octanol–water partition coefficient (Wildman–Crippen LogP) is 2.02. The molecule has 1 heterocycles. The average Bonchev–Trinajstić information content (AvgIpc) is 2.92. The first-order valence-electron chi connectivity index (χ1n) is 6.76. The maximum absolute atomic E-state index is 9.83. The van der Waals surface area contributed by atoms with Crippen molar-refractivity contribution in [2.75, 3.05) is 25.6 Å². The van der Waals surface area contributed by atoms with Gasteiger partial charge in [0.15, 0.2) is 5.16 Å². The first-order valence-corrected chi connectivity index (χ1v) is 8.12. The van der Waals surface area contributed by atoms with Gasteiger partial charge in [-0.25, -0.2) is 0 Å². The minimum absolute atomic E-state index is 0.259. The number of halogens is 1. The van der Waals surface area contributed by atoms with Gasteiger partial charge in [-0.2, -0.15) is 0 Å². The Labute approximate surface area is 138 Å². The van der Waals surface area contributed by atoms with Crippen LogP contribution in [0.4, 0.5) is 0 Å². The van der Waals surface area contributed by atoms with Crippen LogP contribution in [0.1, 0.15) is 0 Å². The Balaban J connectivity index is 1.54. The van der Waals surface area contributed by atoms with Gasteiger partial charge in [0, 0.05) is 17.8 Å². The average molecular weight is 344 g/mol. The van der Waals surface area contributed by atoms with E-state index >= 15 is 0 Å². The second-order valence-corrected chi connectivity index (χ2v) is 5.99. The standard InChI is InChI=1S/C14H18ClN3O3S/c1-18-10-16-17-14(18)22-9-12(19)8-20-6-7-21-13-4-2-11(15)3-5-13/h2-5,10,12,19H,6-9H2,1H3. The number of rotatable bonds is 9. The highest BCUT2D eigenvalue weighted by atomic mass is 35.5. The molecule has 0 saturated heterocycles. The zero-order chi connectivity index (χ0) is 15.8. The quantitative estimate of drug-likeness (QED) is 0.555. The Morgan fingerprint density at radius 2 is 2.09 bits per heavy atom. The number of aryl methyl sites for hydroxylation is 1. The summed E-state index contributed by atoms with van der Waals surface area (Å²) in [4.78, 5) is 0. The number of hydrogen-bond donors (Lipinski definition) is 1. The van der Waals surface area contributed by atoms with Crippen LogP contribution in [-0.2, 0) is 11.8 Å². The lowest BCUT2D eigenvalue weighted by Gasteiger charge is -2.11. The van der Waals surface area contributed by atoms with E-state index in [0.29, 0.717) is 24.0 Å². The molecule has 0 spiro atoms. The highest BCUT2D eigenvalue weighted by molar-refractivity contribution is 7.99. The van der Waals surface area contributed by atoms with E-state index in [0.717, 1.165) is 10.9 Å². The maximum atomic E-state index is 9.83. The van der Waals surface area contributed by atoms with Crippen molar-refractivity contribution in [1.29, 1.82) is 0 Å². The van der Waals surface area contributed by atoms with Gasteiger partial charge in [0.1, 0.15) is 18.7 Å². The number of aliphatic hydroxyl groups excluding tert-OH is 1. The third kappa shape index (κ3) is 5.84. The summed E-state index contributed by atoms with van der Waals surface area (Å²) in [6.45, 7) is 1.09. The number of benzene rings is 1. The van der Waals surface area contributed by atoms with Crippen LogP contribution in [0.5, 0.6) is 5.75 Å². The van der Waals surface area contributed by atoms with Crippen molar-refractivity contribution >= 4 is 23.4 Å². The van der Waals surface area contributed by atoms with Gasteiger partial charge in [-0.05, 0) is 24.3 Å². The van der Waals surface area contributed by atoms with E-state index in [1.165, 1.54) is 11.8 Å². The molecule has 1 aromatic carbocycles. The first kappa shape index (κ1) is 17.1. The van der Waals surface area contributed by atoms with Gasteiger partial charge < -0.3 is 19.1 Å². The highest BCUT2D eigenvalue weighted by Gasteiger charge is 2.08. The molecule has 0 amide bonds.